The number of ether oxygens (including phenoxy) is 1. The molecule has 0 amide bonds. The second-order valence-electron chi connectivity index (χ2n) is 7.51. The molecular formula is C24H25N6O2S2+. The zero-order chi connectivity index (χ0) is 24.1. The molecule has 174 valence electrons. The van der Waals surface area contributed by atoms with E-state index in [9.17, 15) is 5.11 Å². The lowest BCUT2D eigenvalue weighted by Crippen LogP contribution is -2.34. The Morgan fingerprint density at radius 3 is 2.71 bits per heavy atom. The van der Waals surface area contributed by atoms with Crippen molar-refractivity contribution in [2.75, 3.05) is 24.4 Å². The van der Waals surface area contributed by atoms with Gasteiger partial charge in [0.2, 0.25) is 0 Å². The van der Waals surface area contributed by atoms with Gasteiger partial charge in [0.1, 0.15) is 16.7 Å². The lowest BCUT2D eigenvalue weighted by atomic mass is 9.98. The van der Waals surface area contributed by atoms with Crippen molar-refractivity contribution < 1.29 is 14.0 Å². The number of aromatic nitrogens is 4. The lowest BCUT2D eigenvalue weighted by molar-refractivity contribution is -0.642. The van der Waals surface area contributed by atoms with E-state index in [0.717, 1.165) is 39.5 Å². The summed E-state index contributed by atoms with van der Waals surface area (Å²) in [6, 6.07) is 20.7. The number of aromatic amines is 1. The summed E-state index contributed by atoms with van der Waals surface area (Å²) in [6.45, 7) is 4.49. The SMILES string of the molecule is C=C(Cc1cc(OCNc2cccc(-n3c(=S)[nH]n[n+]3S)c2)ccc1NC)c1ccc(O)cc1. The zero-order valence-electron chi connectivity index (χ0n) is 18.5. The van der Waals surface area contributed by atoms with Gasteiger partial charge in [-0.1, -0.05) is 24.8 Å². The van der Waals surface area contributed by atoms with E-state index in [-0.39, 0.29) is 12.5 Å². The molecule has 0 bridgehead atoms. The Bertz CT molecular complexity index is 1360. The van der Waals surface area contributed by atoms with Crippen molar-refractivity contribution >= 4 is 42.0 Å². The summed E-state index contributed by atoms with van der Waals surface area (Å²) in [5, 5.41) is 22.7. The molecule has 0 aliphatic heterocycles. The number of hydrogen-bond acceptors (Lipinski definition) is 7. The van der Waals surface area contributed by atoms with Crippen molar-refractivity contribution in [3.8, 4) is 17.2 Å². The van der Waals surface area contributed by atoms with E-state index in [1.165, 1.54) is 4.20 Å². The quantitative estimate of drug-likeness (QED) is 0.103. The first-order valence-corrected chi connectivity index (χ1v) is 11.3. The summed E-state index contributed by atoms with van der Waals surface area (Å²) in [5.41, 5.74) is 5.67. The van der Waals surface area contributed by atoms with Gasteiger partial charge in [0.05, 0.1) is 18.5 Å². The van der Waals surface area contributed by atoms with Crippen LogP contribution in [0.1, 0.15) is 11.1 Å². The standard InChI is InChI=1S/C24H24N6O2S2/c1-16(17-6-8-21(31)9-7-17)12-18-13-22(10-11-23(18)25-2)32-15-26-19-4-3-5-20(14-19)29-24(33)27-28-30(29)34/h3-11,13-14,25-26,31,34H,1,12,15H2,2H3/p+1. The number of nitrogens with zero attached hydrogens (tertiary/aromatic N) is 3. The Hall–Kier alpha value is -3.76. The summed E-state index contributed by atoms with van der Waals surface area (Å²) in [4.78, 5) is 0. The third kappa shape index (κ3) is 5.41. The third-order valence-electron chi connectivity index (χ3n) is 5.24. The highest BCUT2D eigenvalue weighted by Crippen LogP contribution is 2.28. The minimum Gasteiger partial charge on any atom is -0.508 e. The summed E-state index contributed by atoms with van der Waals surface area (Å²) < 4.78 is 9.41. The topological polar surface area (TPSA) is 91.0 Å². The van der Waals surface area contributed by atoms with Gasteiger partial charge in [0.15, 0.2) is 6.73 Å². The van der Waals surface area contributed by atoms with E-state index in [2.05, 4.69) is 40.3 Å². The second-order valence-corrected chi connectivity index (χ2v) is 8.25. The van der Waals surface area contributed by atoms with Gasteiger partial charge in [0.25, 0.3) is 0 Å². The number of allylic oxidation sites excluding steroid dienone is 1. The molecule has 0 unspecified atom stereocenters. The van der Waals surface area contributed by atoms with Crippen LogP contribution in [0.5, 0.6) is 11.5 Å². The van der Waals surface area contributed by atoms with Crippen LogP contribution in [0.4, 0.5) is 11.4 Å². The number of aromatic hydroxyl groups is 1. The van der Waals surface area contributed by atoms with Crippen molar-refractivity contribution in [3.63, 3.8) is 0 Å². The second kappa shape index (κ2) is 10.4. The molecule has 4 N–H and O–H groups in total. The molecule has 4 rings (SSSR count). The first-order valence-electron chi connectivity index (χ1n) is 10.5. The number of phenols is 1. The average molecular weight is 494 g/mol. The molecule has 0 atom stereocenters. The van der Waals surface area contributed by atoms with Crippen LogP contribution in [-0.4, -0.2) is 33.9 Å². The zero-order valence-corrected chi connectivity index (χ0v) is 20.2. The largest absolute Gasteiger partial charge is 0.508 e. The molecule has 1 aromatic heterocycles. The van der Waals surface area contributed by atoms with Crippen LogP contribution < -0.4 is 19.6 Å². The Balaban J connectivity index is 1.43. The van der Waals surface area contributed by atoms with Crippen LogP contribution in [0.15, 0.2) is 73.3 Å². The maximum absolute atomic E-state index is 9.52. The van der Waals surface area contributed by atoms with E-state index < -0.39 is 0 Å². The molecule has 0 radical (unpaired) electrons. The summed E-state index contributed by atoms with van der Waals surface area (Å²) in [7, 11) is 1.89. The van der Waals surface area contributed by atoms with Crippen LogP contribution in [0.25, 0.3) is 11.3 Å². The van der Waals surface area contributed by atoms with Crippen LogP contribution in [0, 0.1) is 4.77 Å². The molecule has 0 aliphatic carbocycles. The first kappa shape index (κ1) is 23.4. The van der Waals surface area contributed by atoms with Crippen LogP contribution in [0.2, 0.25) is 0 Å². The number of rotatable bonds is 9. The highest BCUT2D eigenvalue weighted by Gasteiger charge is 2.11. The van der Waals surface area contributed by atoms with E-state index in [0.29, 0.717) is 11.2 Å². The van der Waals surface area contributed by atoms with E-state index in [1.54, 1.807) is 16.8 Å². The molecule has 3 aromatic carbocycles. The molecule has 34 heavy (non-hydrogen) atoms. The lowest BCUT2D eigenvalue weighted by Gasteiger charge is -2.15. The normalized spacial score (nSPS) is 10.6. The monoisotopic (exact) mass is 493 g/mol. The van der Waals surface area contributed by atoms with Crippen molar-refractivity contribution in [2.24, 2.45) is 0 Å². The molecule has 0 spiro atoms. The van der Waals surface area contributed by atoms with Crippen molar-refractivity contribution in [3.05, 3.63) is 89.2 Å². The number of tetrazole rings is 1. The fourth-order valence-corrected chi connectivity index (χ4v) is 4.03. The first-order chi connectivity index (χ1) is 16.4. The molecule has 8 nitrogen and oxygen atoms in total. The van der Waals surface area contributed by atoms with Gasteiger partial charge in [-0.2, -0.15) is 0 Å². The Labute approximate surface area is 208 Å². The van der Waals surface area contributed by atoms with Gasteiger partial charge in [0, 0.05) is 22.6 Å². The number of H-pyrrole nitrogens is 1. The van der Waals surface area contributed by atoms with Gasteiger partial charge in [-0.05, 0) is 83.9 Å². The third-order valence-corrected chi connectivity index (χ3v) is 5.77. The number of hydrogen-bond donors (Lipinski definition) is 5. The van der Waals surface area contributed by atoms with Crippen molar-refractivity contribution in [1.82, 2.24) is 15.0 Å². The van der Waals surface area contributed by atoms with Crippen LogP contribution >= 0.6 is 25.0 Å². The van der Waals surface area contributed by atoms with E-state index >= 15 is 0 Å². The van der Waals surface area contributed by atoms with Gasteiger partial charge in [-0.15, -0.1) is 9.78 Å². The minimum absolute atomic E-state index is 0.235. The fraction of sp³-hybridized carbons (Fsp3) is 0.125. The number of thiol groups is 1. The van der Waals surface area contributed by atoms with Crippen molar-refractivity contribution in [1.29, 1.82) is 0 Å². The van der Waals surface area contributed by atoms with E-state index in [4.69, 9.17) is 17.0 Å². The highest BCUT2D eigenvalue weighted by molar-refractivity contribution is 7.73. The minimum atomic E-state index is 0.235. The van der Waals surface area contributed by atoms with Gasteiger partial charge in [-0.25, -0.2) is 0 Å². The maximum Gasteiger partial charge on any atom is 0.327 e. The number of anilines is 2. The predicted molar refractivity (Wildman–Crippen MR) is 139 cm³/mol. The Morgan fingerprint density at radius 2 is 2.00 bits per heavy atom. The summed E-state index contributed by atoms with van der Waals surface area (Å²) >= 11 is 9.52. The van der Waals surface area contributed by atoms with E-state index in [1.807, 2.05) is 61.6 Å². The van der Waals surface area contributed by atoms with Crippen LogP contribution in [-0.2, 0) is 6.42 Å². The molecule has 0 aliphatic rings. The molecule has 4 aromatic rings. The molecule has 0 saturated carbocycles. The summed E-state index contributed by atoms with van der Waals surface area (Å²) in [6.07, 6.45) is 0.642. The fourth-order valence-electron chi connectivity index (χ4n) is 3.51. The number of benzene rings is 3. The highest BCUT2D eigenvalue weighted by atomic mass is 32.1. The van der Waals surface area contributed by atoms with Gasteiger partial charge >= 0.3 is 4.77 Å². The Kier molecular flexibility index (Phi) is 7.19. The maximum atomic E-state index is 9.52. The van der Waals surface area contributed by atoms with Gasteiger partial charge < -0.3 is 20.5 Å². The molecule has 10 heteroatoms. The molecular weight excluding hydrogens is 468 g/mol. The number of nitrogens with one attached hydrogen (secondary N) is 3. The Morgan fingerprint density at radius 1 is 1.21 bits per heavy atom. The summed E-state index contributed by atoms with van der Waals surface area (Å²) in [5.74, 6) is 0.972. The molecule has 0 fully saturated rings. The predicted octanol–water partition coefficient (Wildman–Crippen LogP) is 4.36. The van der Waals surface area contributed by atoms with Gasteiger partial charge in [-0.3, -0.25) is 0 Å². The van der Waals surface area contributed by atoms with Crippen LogP contribution in [0.3, 0.4) is 0 Å². The molecule has 0 saturated heterocycles. The smallest absolute Gasteiger partial charge is 0.327 e. The number of phenolic OH excluding ortho intramolecular Hbond substituents is 1. The molecule has 1 heterocycles. The van der Waals surface area contributed by atoms with Crippen molar-refractivity contribution in [2.45, 2.75) is 6.42 Å². The average Bonchev–Trinajstić information content (AvgIpc) is 3.17.